The van der Waals surface area contributed by atoms with Gasteiger partial charge < -0.3 is 10.0 Å². The first-order chi connectivity index (χ1) is 20.1. The number of nitrogens with zero attached hydrogens (tertiary/aromatic N) is 4. The van der Waals surface area contributed by atoms with Crippen molar-refractivity contribution in [1.29, 1.82) is 0 Å². The minimum absolute atomic E-state index is 0.0544. The van der Waals surface area contributed by atoms with E-state index < -0.39 is 23.4 Å². The monoisotopic (exact) mass is 574 g/mol. The second-order valence-corrected chi connectivity index (χ2v) is 11.8. The highest BCUT2D eigenvalue weighted by Crippen LogP contribution is 2.42. The van der Waals surface area contributed by atoms with Gasteiger partial charge in [0.25, 0.3) is 0 Å². The van der Waals surface area contributed by atoms with E-state index in [0.29, 0.717) is 12.2 Å². The van der Waals surface area contributed by atoms with Gasteiger partial charge in [0.15, 0.2) is 17.5 Å². The van der Waals surface area contributed by atoms with Crippen LogP contribution in [0.1, 0.15) is 46.3 Å². The van der Waals surface area contributed by atoms with Gasteiger partial charge in [-0.2, -0.15) is 5.10 Å². The third-order valence-electron chi connectivity index (χ3n) is 8.91. The van der Waals surface area contributed by atoms with E-state index in [1.54, 1.807) is 16.8 Å². The van der Waals surface area contributed by atoms with Crippen molar-refractivity contribution < 1.29 is 23.1 Å². The Labute approximate surface area is 243 Å². The van der Waals surface area contributed by atoms with Gasteiger partial charge in [0.2, 0.25) is 0 Å². The summed E-state index contributed by atoms with van der Waals surface area (Å²) >= 11 is 0. The van der Waals surface area contributed by atoms with Crippen molar-refractivity contribution in [2.24, 2.45) is 5.41 Å². The molecule has 0 atom stereocenters. The molecule has 2 fully saturated rings. The number of hydrogen-bond acceptors (Lipinski definition) is 4. The van der Waals surface area contributed by atoms with Crippen molar-refractivity contribution in [3.8, 4) is 16.9 Å². The third-order valence-corrected chi connectivity index (χ3v) is 8.91. The van der Waals surface area contributed by atoms with Crippen LogP contribution in [0.25, 0.3) is 16.9 Å². The summed E-state index contributed by atoms with van der Waals surface area (Å²) < 4.78 is 44.7. The van der Waals surface area contributed by atoms with Gasteiger partial charge in [-0.15, -0.1) is 0 Å². The van der Waals surface area contributed by atoms with Crippen LogP contribution in [0.5, 0.6) is 0 Å². The summed E-state index contributed by atoms with van der Waals surface area (Å²) in [5.74, 6) is -4.89. The highest BCUT2D eigenvalue weighted by Gasteiger charge is 2.40. The summed E-state index contributed by atoms with van der Waals surface area (Å²) in [6.07, 6.45) is 4.93. The molecule has 3 aromatic carbocycles. The quantitative estimate of drug-likeness (QED) is 0.258. The highest BCUT2D eigenvalue weighted by molar-refractivity contribution is 5.88. The molecule has 1 aromatic heterocycles. The van der Waals surface area contributed by atoms with Crippen LogP contribution in [-0.4, -0.2) is 51.9 Å². The van der Waals surface area contributed by atoms with E-state index in [9.17, 15) is 23.1 Å². The molecule has 0 bridgehead atoms. The Balaban J connectivity index is 1.21. The molecule has 4 aromatic rings. The molecule has 2 aliphatic heterocycles. The van der Waals surface area contributed by atoms with E-state index in [1.807, 2.05) is 50.4 Å². The lowest BCUT2D eigenvalue weighted by Gasteiger charge is -2.39. The molecule has 1 N–H and O–H groups in total. The molecule has 218 valence electrons. The van der Waals surface area contributed by atoms with Crippen LogP contribution in [0.3, 0.4) is 0 Å². The van der Waals surface area contributed by atoms with Gasteiger partial charge in [0, 0.05) is 42.6 Å². The van der Waals surface area contributed by atoms with Crippen LogP contribution < -0.4 is 4.90 Å². The van der Waals surface area contributed by atoms with E-state index in [4.69, 9.17) is 0 Å². The van der Waals surface area contributed by atoms with Gasteiger partial charge in [-0.25, -0.2) is 22.6 Å². The standard InChI is InChI=1S/C33H33F3N4O2/c1-21-3-10-28(22(2)17-21)40-19-24(31(37-40)26-8-9-27(34)30(36)29(26)35)18-38-14-11-33(12-15-38)13-16-39(20-33)25-6-4-23(5-7-25)32(41)42/h3-10,17,19H,11-16,18,20H2,1-2H3,(H,41,42). The fraction of sp³-hybridized carbons (Fsp3) is 0.333. The summed E-state index contributed by atoms with van der Waals surface area (Å²) in [6.45, 7) is 8.04. The van der Waals surface area contributed by atoms with Gasteiger partial charge in [0.1, 0.15) is 5.69 Å². The number of carboxylic acid groups (broad SMARTS) is 1. The number of aromatic carboxylic acids is 1. The Kier molecular flexibility index (Phi) is 7.30. The number of aryl methyl sites for hydroxylation is 2. The molecular weight excluding hydrogens is 541 g/mol. The lowest BCUT2D eigenvalue weighted by Crippen LogP contribution is -2.41. The molecule has 0 aliphatic carbocycles. The second kappa shape index (κ2) is 10.9. The summed E-state index contributed by atoms with van der Waals surface area (Å²) in [5, 5.41) is 13.9. The Hall–Kier alpha value is -4.11. The van der Waals surface area contributed by atoms with Crippen LogP contribution in [0.2, 0.25) is 0 Å². The lowest BCUT2D eigenvalue weighted by atomic mass is 9.77. The molecule has 9 heteroatoms. The highest BCUT2D eigenvalue weighted by atomic mass is 19.2. The van der Waals surface area contributed by atoms with E-state index in [1.165, 1.54) is 6.07 Å². The zero-order valence-electron chi connectivity index (χ0n) is 23.7. The molecular formula is C33H33F3N4O2. The number of likely N-dealkylation sites (tertiary alicyclic amines) is 1. The minimum atomic E-state index is -1.50. The molecule has 42 heavy (non-hydrogen) atoms. The Morgan fingerprint density at radius 1 is 0.929 bits per heavy atom. The number of piperidine rings is 1. The summed E-state index contributed by atoms with van der Waals surface area (Å²) in [7, 11) is 0. The maximum atomic E-state index is 15.0. The molecule has 6 rings (SSSR count). The van der Waals surface area contributed by atoms with Crippen LogP contribution in [0.15, 0.2) is 60.8 Å². The van der Waals surface area contributed by atoms with Crippen molar-refractivity contribution in [1.82, 2.24) is 14.7 Å². The van der Waals surface area contributed by atoms with Gasteiger partial charge >= 0.3 is 5.97 Å². The zero-order valence-corrected chi connectivity index (χ0v) is 23.7. The predicted octanol–water partition coefficient (Wildman–Crippen LogP) is 6.76. The lowest BCUT2D eigenvalue weighted by molar-refractivity contribution is 0.0697. The first-order valence-corrected chi connectivity index (χ1v) is 14.2. The average Bonchev–Trinajstić information content (AvgIpc) is 3.58. The van der Waals surface area contributed by atoms with Gasteiger partial charge in [-0.3, -0.25) is 4.90 Å². The van der Waals surface area contributed by atoms with Crippen molar-refractivity contribution in [2.45, 2.75) is 39.7 Å². The largest absolute Gasteiger partial charge is 0.478 e. The second-order valence-electron chi connectivity index (χ2n) is 11.8. The van der Waals surface area contributed by atoms with E-state index in [-0.39, 0.29) is 16.5 Å². The van der Waals surface area contributed by atoms with Crippen LogP contribution in [-0.2, 0) is 6.54 Å². The topological polar surface area (TPSA) is 61.6 Å². The molecule has 6 nitrogen and oxygen atoms in total. The SMILES string of the molecule is Cc1ccc(-n2cc(CN3CCC4(CC3)CCN(c3ccc(C(=O)O)cc3)C4)c(-c3ccc(F)c(F)c3F)n2)c(C)c1. The molecule has 3 heterocycles. The average molecular weight is 575 g/mol. The van der Waals surface area contributed by atoms with Crippen molar-refractivity contribution in [2.75, 3.05) is 31.1 Å². The molecule has 0 amide bonds. The zero-order chi connectivity index (χ0) is 29.6. The third kappa shape index (κ3) is 5.29. The summed E-state index contributed by atoms with van der Waals surface area (Å²) in [6, 6.07) is 15.2. The van der Waals surface area contributed by atoms with Crippen molar-refractivity contribution in [3.63, 3.8) is 0 Å². The number of carbonyl (C=O) groups is 1. The molecule has 0 radical (unpaired) electrons. The molecule has 2 saturated heterocycles. The first kappa shape index (κ1) is 28.0. The minimum Gasteiger partial charge on any atom is -0.478 e. The van der Waals surface area contributed by atoms with E-state index >= 15 is 0 Å². The summed E-state index contributed by atoms with van der Waals surface area (Å²) in [4.78, 5) is 15.9. The number of anilines is 1. The number of halogens is 3. The van der Waals surface area contributed by atoms with Crippen LogP contribution in [0.4, 0.5) is 18.9 Å². The number of aromatic nitrogens is 2. The van der Waals surface area contributed by atoms with Crippen molar-refractivity contribution in [3.05, 3.63) is 100 Å². The Morgan fingerprint density at radius 2 is 1.64 bits per heavy atom. The number of benzene rings is 3. The maximum Gasteiger partial charge on any atom is 0.335 e. The molecule has 1 spiro atoms. The van der Waals surface area contributed by atoms with E-state index in [0.717, 1.165) is 79.6 Å². The Morgan fingerprint density at radius 3 is 2.33 bits per heavy atom. The van der Waals surface area contributed by atoms with Crippen LogP contribution in [0, 0.1) is 36.7 Å². The van der Waals surface area contributed by atoms with Gasteiger partial charge in [-0.1, -0.05) is 17.7 Å². The molecule has 0 saturated carbocycles. The number of rotatable bonds is 6. The number of hydrogen-bond donors (Lipinski definition) is 1. The first-order valence-electron chi connectivity index (χ1n) is 14.2. The fourth-order valence-corrected chi connectivity index (χ4v) is 6.45. The Bertz CT molecular complexity index is 1640. The normalized spacial score (nSPS) is 16.8. The van der Waals surface area contributed by atoms with Gasteiger partial charge in [-0.05, 0) is 99.6 Å². The van der Waals surface area contributed by atoms with Gasteiger partial charge in [0.05, 0.1) is 11.3 Å². The maximum absolute atomic E-state index is 15.0. The fourth-order valence-electron chi connectivity index (χ4n) is 6.45. The smallest absolute Gasteiger partial charge is 0.335 e. The molecule has 2 aliphatic rings. The van der Waals surface area contributed by atoms with Crippen molar-refractivity contribution >= 4 is 11.7 Å². The van der Waals surface area contributed by atoms with Crippen LogP contribution >= 0.6 is 0 Å². The summed E-state index contributed by atoms with van der Waals surface area (Å²) in [5.41, 5.74) is 5.47. The predicted molar refractivity (Wildman–Crippen MR) is 156 cm³/mol. The number of carboxylic acids is 1. The molecule has 0 unspecified atom stereocenters. The van der Waals surface area contributed by atoms with E-state index in [2.05, 4.69) is 14.9 Å².